The van der Waals surface area contributed by atoms with Crippen molar-refractivity contribution in [3.8, 4) is 0 Å². The molecule has 0 radical (unpaired) electrons. The third-order valence-corrected chi connectivity index (χ3v) is 9.05. The zero-order valence-electron chi connectivity index (χ0n) is 23.2. The molecule has 1 unspecified atom stereocenters. The molecular formula is C28H49N3O5. The minimum absolute atomic E-state index is 0.0425. The van der Waals surface area contributed by atoms with E-state index in [4.69, 9.17) is 5.73 Å². The number of amides is 2. The molecule has 2 rings (SSSR count). The first-order valence-corrected chi connectivity index (χ1v) is 13.9. The van der Waals surface area contributed by atoms with E-state index in [2.05, 4.69) is 5.32 Å². The maximum absolute atomic E-state index is 14.4. The topological polar surface area (TPSA) is 130 Å². The number of Topliss-reactive ketones (excluding diaryl/α,β-unsaturated/α-hetero) is 1. The molecule has 0 aromatic carbocycles. The number of carbonyl (C=O) groups excluding carboxylic acids is 4. The second-order valence-electron chi connectivity index (χ2n) is 11.6. The molecule has 0 aromatic heterocycles. The summed E-state index contributed by atoms with van der Waals surface area (Å²) >= 11 is 0. The lowest BCUT2D eigenvalue weighted by Gasteiger charge is -2.47. The van der Waals surface area contributed by atoms with Gasteiger partial charge < -0.3 is 21.0 Å². The normalized spacial score (nSPS) is 24.9. The fourth-order valence-electron chi connectivity index (χ4n) is 6.27. The van der Waals surface area contributed by atoms with Crippen LogP contribution in [0.2, 0.25) is 0 Å². The van der Waals surface area contributed by atoms with Crippen LogP contribution in [-0.2, 0) is 19.2 Å². The Bertz CT molecular complexity index is 788. The fourth-order valence-corrected chi connectivity index (χ4v) is 6.27. The van der Waals surface area contributed by atoms with Gasteiger partial charge in [0.25, 0.3) is 0 Å². The molecule has 1 heterocycles. The number of ketones is 1. The molecule has 1 aliphatic heterocycles. The molecule has 6 atom stereocenters. The first-order chi connectivity index (χ1) is 16.9. The van der Waals surface area contributed by atoms with Gasteiger partial charge in [-0.3, -0.25) is 19.3 Å². The van der Waals surface area contributed by atoms with E-state index >= 15 is 0 Å². The number of carbonyl (C=O) groups is 4. The predicted octanol–water partition coefficient (Wildman–Crippen LogP) is 2.99. The highest BCUT2D eigenvalue weighted by atomic mass is 16.3. The second-order valence-corrected chi connectivity index (χ2v) is 11.6. The van der Waals surface area contributed by atoms with Gasteiger partial charge in [0.2, 0.25) is 11.8 Å². The summed E-state index contributed by atoms with van der Waals surface area (Å²) < 4.78 is 0. The van der Waals surface area contributed by atoms with Crippen LogP contribution in [0.15, 0.2) is 0 Å². The maximum Gasteiger partial charge on any atom is 0.247 e. The number of hydrogen-bond donors (Lipinski definition) is 3. The zero-order chi connectivity index (χ0) is 27.3. The van der Waals surface area contributed by atoms with Crippen LogP contribution in [0.25, 0.3) is 0 Å². The van der Waals surface area contributed by atoms with Gasteiger partial charge in [-0.15, -0.1) is 0 Å². The minimum atomic E-state index is -1.89. The molecule has 2 aliphatic rings. The molecule has 36 heavy (non-hydrogen) atoms. The largest absolute Gasteiger partial charge is 0.388 e. The van der Waals surface area contributed by atoms with E-state index in [9.17, 15) is 24.3 Å². The van der Waals surface area contributed by atoms with E-state index in [1.54, 1.807) is 13.8 Å². The van der Waals surface area contributed by atoms with Crippen molar-refractivity contribution in [2.75, 3.05) is 6.54 Å². The van der Waals surface area contributed by atoms with Gasteiger partial charge in [0.05, 0.1) is 11.6 Å². The Balaban J connectivity index is 2.60. The Labute approximate surface area is 217 Å². The van der Waals surface area contributed by atoms with Gasteiger partial charge in [0, 0.05) is 12.0 Å². The highest BCUT2D eigenvalue weighted by Crippen LogP contribution is 2.41. The van der Waals surface area contributed by atoms with Gasteiger partial charge in [-0.25, -0.2) is 0 Å². The van der Waals surface area contributed by atoms with Crippen LogP contribution in [0.1, 0.15) is 99.3 Å². The van der Waals surface area contributed by atoms with Crippen molar-refractivity contribution in [3.05, 3.63) is 0 Å². The number of imide groups is 1. The number of nitrogens with zero attached hydrogens (tertiary/aromatic N) is 1. The standard InChI is InChI=1S/C28H49N3O5/c1-7-19(4)27(17-32,21(6)33)31(26(35)24-14-11-15-30-24)25(34)23(18(2)3)16-28(36,20(5)29)22-12-9-8-10-13-22/h17-20,22-24,30,36H,7-16,29H2,1-6H3/t19-,20-,23?,24-,27+,28+/m0/s1. The smallest absolute Gasteiger partial charge is 0.247 e. The van der Waals surface area contributed by atoms with Gasteiger partial charge in [0.1, 0.15) is 0 Å². The number of rotatable bonds is 12. The molecule has 2 amide bonds. The molecule has 206 valence electrons. The van der Waals surface area contributed by atoms with Gasteiger partial charge in [-0.2, -0.15) is 0 Å². The summed E-state index contributed by atoms with van der Waals surface area (Å²) in [6, 6.07) is -1.20. The van der Waals surface area contributed by atoms with Crippen LogP contribution >= 0.6 is 0 Å². The molecule has 4 N–H and O–H groups in total. The van der Waals surface area contributed by atoms with Gasteiger partial charge in [-0.1, -0.05) is 53.4 Å². The van der Waals surface area contributed by atoms with E-state index in [0.29, 0.717) is 25.7 Å². The molecule has 0 aromatic rings. The van der Waals surface area contributed by atoms with Crippen LogP contribution in [-0.4, -0.2) is 63.7 Å². The van der Waals surface area contributed by atoms with Gasteiger partial charge in [0.15, 0.2) is 17.6 Å². The third kappa shape index (κ3) is 5.91. The van der Waals surface area contributed by atoms with E-state index in [1.165, 1.54) is 6.92 Å². The number of hydrogen-bond acceptors (Lipinski definition) is 7. The Kier molecular flexibility index (Phi) is 10.8. The average Bonchev–Trinajstić information content (AvgIpc) is 3.39. The highest BCUT2D eigenvalue weighted by molar-refractivity contribution is 6.12. The van der Waals surface area contributed by atoms with Crippen molar-refractivity contribution >= 4 is 23.9 Å². The molecule has 2 fully saturated rings. The number of nitrogens with one attached hydrogen (secondary N) is 1. The molecule has 0 spiro atoms. The summed E-state index contributed by atoms with van der Waals surface area (Å²) in [5.41, 5.74) is 3.17. The Morgan fingerprint density at radius 2 is 1.69 bits per heavy atom. The third-order valence-electron chi connectivity index (χ3n) is 9.05. The van der Waals surface area contributed by atoms with E-state index in [1.807, 2.05) is 20.8 Å². The van der Waals surface area contributed by atoms with E-state index in [-0.39, 0.29) is 18.3 Å². The number of aldehydes is 1. The lowest BCUT2D eigenvalue weighted by molar-refractivity contribution is -0.168. The Morgan fingerprint density at radius 3 is 2.11 bits per heavy atom. The number of aliphatic hydroxyl groups is 1. The number of nitrogens with two attached hydrogens (primary N) is 1. The van der Waals surface area contributed by atoms with Crippen LogP contribution in [0.5, 0.6) is 0 Å². The summed E-state index contributed by atoms with van der Waals surface area (Å²) in [5.74, 6) is -3.25. The first kappa shape index (κ1) is 30.6. The van der Waals surface area contributed by atoms with Crippen LogP contribution < -0.4 is 11.1 Å². The molecule has 0 bridgehead atoms. The summed E-state index contributed by atoms with van der Waals surface area (Å²) in [6.07, 6.45) is 7.12. The van der Waals surface area contributed by atoms with Crippen LogP contribution in [0.3, 0.4) is 0 Å². The Morgan fingerprint density at radius 1 is 1.08 bits per heavy atom. The van der Waals surface area contributed by atoms with Gasteiger partial charge in [-0.05, 0) is 70.3 Å². The highest BCUT2D eigenvalue weighted by Gasteiger charge is 2.55. The quantitative estimate of drug-likeness (QED) is 0.273. The van der Waals surface area contributed by atoms with Crippen molar-refractivity contribution in [2.45, 2.75) is 123 Å². The molecular weight excluding hydrogens is 458 g/mol. The second kappa shape index (κ2) is 12.7. The monoisotopic (exact) mass is 507 g/mol. The molecule has 8 heteroatoms. The lowest BCUT2D eigenvalue weighted by atomic mass is 9.68. The van der Waals surface area contributed by atoms with Gasteiger partial charge >= 0.3 is 0 Å². The van der Waals surface area contributed by atoms with Crippen molar-refractivity contribution in [1.29, 1.82) is 0 Å². The van der Waals surface area contributed by atoms with Crippen molar-refractivity contribution in [3.63, 3.8) is 0 Å². The fraction of sp³-hybridized carbons (Fsp3) is 0.857. The molecule has 1 saturated carbocycles. The maximum atomic E-state index is 14.4. The molecule has 8 nitrogen and oxygen atoms in total. The SMILES string of the molecule is CC[C@H](C)[C@](C=O)(C(C)=O)N(C(=O)C(C[C@](O)(C1CCCCC1)[C@H](C)N)C(C)C)C(=O)[C@@H]1CCCN1. The average molecular weight is 508 g/mol. The zero-order valence-corrected chi connectivity index (χ0v) is 23.2. The van der Waals surface area contributed by atoms with Crippen molar-refractivity contribution in [1.82, 2.24) is 10.2 Å². The summed E-state index contributed by atoms with van der Waals surface area (Å²) in [7, 11) is 0. The van der Waals surface area contributed by atoms with E-state index < -0.39 is 52.7 Å². The van der Waals surface area contributed by atoms with Crippen molar-refractivity contribution in [2.24, 2.45) is 29.4 Å². The van der Waals surface area contributed by atoms with Crippen LogP contribution in [0.4, 0.5) is 0 Å². The lowest BCUT2D eigenvalue weighted by Crippen LogP contribution is -2.67. The molecule has 1 aliphatic carbocycles. The van der Waals surface area contributed by atoms with Crippen LogP contribution in [0, 0.1) is 23.7 Å². The molecule has 1 saturated heterocycles. The minimum Gasteiger partial charge on any atom is -0.388 e. The first-order valence-electron chi connectivity index (χ1n) is 13.9. The van der Waals surface area contributed by atoms with E-state index in [0.717, 1.165) is 43.4 Å². The summed E-state index contributed by atoms with van der Waals surface area (Å²) in [5, 5.41) is 15.0. The predicted molar refractivity (Wildman–Crippen MR) is 140 cm³/mol. The van der Waals surface area contributed by atoms with Crippen molar-refractivity contribution < 1.29 is 24.3 Å². The Hall–Kier alpha value is -1.64. The summed E-state index contributed by atoms with van der Waals surface area (Å²) in [6.45, 7) is 11.0. The summed E-state index contributed by atoms with van der Waals surface area (Å²) in [4.78, 5) is 55.1.